The number of rotatable bonds is 5. The molecule has 1 heterocycles. The lowest BCUT2D eigenvalue weighted by Gasteiger charge is -2.33. The highest BCUT2D eigenvalue weighted by molar-refractivity contribution is 5.82. The van der Waals surface area contributed by atoms with Crippen molar-refractivity contribution in [3.8, 4) is 0 Å². The van der Waals surface area contributed by atoms with Crippen LogP contribution >= 0.6 is 0 Å². The Morgan fingerprint density at radius 1 is 0.889 bits per heavy atom. The van der Waals surface area contributed by atoms with Crippen LogP contribution in [-0.2, 0) is 5.54 Å². The van der Waals surface area contributed by atoms with Gasteiger partial charge in [0.15, 0.2) is 0 Å². The van der Waals surface area contributed by atoms with E-state index in [0.29, 0.717) is 5.92 Å². The molecule has 140 valence electrons. The van der Waals surface area contributed by atoms with E-state index >= 15 is 0 Å². The van der Waals surface area contributed by atoms with Crippen LogP contribution in [0.25, 0.3) is 10.9 Å². The molecule has 4 rings (SSSR count). The molecule has 2 nitrogen and oxygen atoms in total. The summed E-state index contributed by atoms with van der Waals surface area (Å²) in [5, 5.41) is 5.16. The van der Waals surface area contributed by atoms with Crippen LogP contribution in [-0.4, -0.2) is 11.5 Å². The van der Waals surface area contributed by atoms with E-state index in [1.807, 2.05) is 6.20 Å². The average Bonchev–Trinajstić information content (AvgIpc) is 2.73. The van der Waals surface area contributed by atoms with Crippen molar-refractivity contribution in [2.24, 2.45) is 5.92 Å². The fraction of sp³-hybridized carbons (Fsp3) is 0.400. The third-order valence-electron chi connectivity index (χ3n) is 6.30. The maximum Gasteiger partial charge on any atom is 0.0704 e. The molecule has 0 unspecified atom stereocenters. The van der Waals surface area contributed by atoms with E-state index in [9.17, 15) is 0 Å². The van der Waals surface area contributed by atoms with Crippen molar-refractivity contribution in [3.63, 3.8) is 0 Å². The molecule has 1 aliphatic rings. The van der Waals surface area contributed by atoms with Crippen molar-refractivity contribution in [1.82, 2.24) is 10.3 Å². The van der Waals surface area contributed by atoms with E-state index < -0.39 is 0 Å². The van der Waals surface area contributed by atoms with Gasteiger partial charge in [-0.2, -0.15) is 0 Å². The maximum absolute atomic E-state index is 4.53. The van der Waals surface area contributed by atoms with Gasteiger partial charge in [0, 0.05) is 17.1 Å². The number of hydrogen-bond acceptors (Lipinski definition) is 2. The van der Waals surface area contributed by atoms with Crippen molar-refractivity contribution < 1.29 is 0 Å². The van der Waals surface area contributed by atoms with Crippen LogP contribution in [0.2, 0.25) is 0 Å². The summed E-state index contributed by atoms with van der Waals surface area (Å²) in [6.45, 7) is 5.68. The van der Waals surface area contributed by atoms with Gasteiger partial charge in [-0.3, -0.25) is 4.98 Å². The SMILES string of the molecule is CC(C)(NC[C@H]1CC[C@@H](c2ccnc3ccccc32)CC1)c1ccccc1. The first-order valence-corrected chi connectivity index (χ1v) is 10.3. The first-order chi connectivity index (χ1) is 13.1. The number of nitrogens with one attached hydrogen (secondary N) is 1. The minimum atomic E-state index is 0.0272. The van der Waals surface area contributed by atoms with Crippen molar-refractivity contribution in [3.05, 3.63) is 78.0 Å². The molecule has 27 heavy (non-hydrogen) atoms. The van der Waals surface area contributed by atoms with Crippen LogP contribution in [0.4, 0.5) is 0 Å². The third kappa shape index (κ3) is 4.06. The fourth-order valence-corrected chi connectivity index (χ4v) is 4.51. The molecule has 0 bridgehead atoms. The molecule has 0 radical (unpaired) electrons. The second kappa shape index (κ2) is 7.82. The lowest BCUT2D eigenvalue weighted by atomic mass is 9.77. The zero-order valence-electron chi connectivity index (χ0n) is 16.5. The quantitative estimate of drug-likeness (QED) is 0.602. The molecule has 3 aromatic rings. The molecule has 1 N–H and O–H groups in total. The third-order valence-corrected chi connectivity index (χ3v) is 6.30. The highest BCUT2D eigenvalue weighted by Crippen LogP contribution is 2.38. The largest absolute Gasteiger partial charge is 0.308 e. The summed E-state index contributed by atoms with van der Waals surface area (Å²) in [5.74, 6) is 1.45. The van der Waals surface area contributed by atoms with Gasteiger partial charge in [-0.25, -0.2) is 0 Å². The van der Waals surface area contributed by atoms with Gasteiger partial charge in [0.25, 0.3) is 0 Å². The number of para-hydroxylation sites is 1. The minimum absolute atomic E-state index is 0.0272. The average molecular weight is 359 g/mol. The molecule has 2 aromatic carbocycles. The highest BCUT2D eigenvalue weighted by Gasteiger charge is 2.26. The Bertz CT molecular complexity index is 872. The van der Waals surface area contributed by atoms with Crippen LogP contribution in [0.1, 0.15) is 56.6 Å². The Balaban J connectivity index is 1.36. The van der Waals surface area contributed by atoms with Gasteiger partial charge in [-0.05, 0) is 81.2 Å². The normalized spacial score (nSPS) is 20.7. The summed E-state index contributed by atoms with van der Waals surface area (Å²) in [6, 6.07) is 21.6. The molecule has 1 fully saturated rings. The fourth-order valence-electron chi connectivity index (χ4n) is 4.51. The van der Waals surface area contributed by atoms with E-state index in [1.54, 1.807) is 0 Å². The molecule has 0 saturated heterocycles. The molecule has 0 spiro atoms. The predicted molar refractivity (Wildman–Crippen MR) is 114 cm³/mol. The maximum atomic E-state index is 4.53. The summed E-state index contributed by atoms with van der Waals surface area (Å²) in [7, 11) is 0. The van der Waals surface area contributed by atoms with Crippen molar-refractivity contribution in [2.75, 3.05) is 6.54 Å². The van der Waals surface area contributed by atoms with Crippen LogP contribution < -0.4 is 5.32 Å². The van der Waals surface area contributed by atoms with E-state index in [1.165, 1.54) is 42.2 Å². The molecule has 0 amide bonds. The summed E-state index contributed by atoms with van der Waals surface area (Å²) in [5.41, 5.74) is 4.02. The first kappa shape index (κ1) is 18.2. The smallest absolute Gasteiger partial charge is 0.0704 e. The lowest BCUT2D eigenvalue weighted by molar-refractivity contribution is 0.280. The number of aromatic nitrogens is 1. The molecule has 0 atom stereocenters. The van der Waals surface area contributed by atoms with Gasteiger partial charge in [-0.1, -0.05) is 48.5 Å². The van der Waals surface area contributed by atoms with Crippen LogP contribution in [0.5, 0.6) is 0 Å². The summed E-state index contributed by atoms with van der Waals surface area (Å²) in [4.78, 5) is 4.53. The van der Waals surface area contributed by atoms with Gasteiger partial charge in [0.1, 0.15) is 0 Å². The second-order valence-electron chi connectivity index (χ2n) is 8.51. The molecule has 1 aromatic heterocycles. The van der Waals surface area contributed by atoms with Crippen LogP contribution in [0.15, 0.2) is 66.9 Å². The Morgan fingerprint density at radius 2 is 1.59 bits per heavy atom. The predicted octanol–water partition coefficient (Wildman–Crippen LogP) is 6.03. The van der Waals surface area contributed by atoms with E-state index in [4.69, 9.17) is 0 Å². The highest BCUT2D eigenvalue weighted by atomic mass is 15.0. The molecule has 1 saturated carbocycles. The molecular weight excluding hydrogens is 328 g/mol. The summed E-state index contributed by atoms with van der Waals surface area (Å²) >= 11 is 0. The van der Waals surface area contributed by atoms with Crippen molar-refractivity contribution >= 4 is 10.9 Å². The van der Waals surface area contributed by atoms with E-state index in [0.717, 1.165) is 18.0 Å². The minimum Gasteiger partial charge on any atom is -0.308 e. The van der Waals surface area contributed by atoms with Gasteiger partial charge in [0.05, 0.1) is 5.52 Å². The summed E-state index contributed by atoms with van der Waals surface area (Å²) in [6.07, 6.45) is 7.16. The zero-order valence-corrected chi connectivity index (χ0v) is 16.5. The summed E-state index contributed by atoms with van der Waals surface area (Å²) < 4.78 is 0. The number of benzene rings is 2. The Morgan fingerprint density at radius 3 is 2.37 bits per heavy atom. The Kier molecular flexibility index (Phi) is 5.27. The number of hydrogen-bond donors (Lipinski definition) is 1. The van der Waals surface area contributed by atoms with Gasteiger partial charge in [-0.15, -0.1) is 0 Å². The number of fused-ring (bicyclic) bond motifs is 1. The zero-order chi connectivity index (χ0) is 18.7. The number of nitrogens with zero attached hydrogens (tertiary/aromatic N) is 1. The Hall–Kier alpha value is -2.19. The van der Waals surface area contributed by atoms with Crippen LogP contribution in [0, 0.1) is 5.92 Å². The van der Waals surface area contributed by atoms with Gasteiger partial charge >= 0.3 is 0 Å². The molecule has 1 aliphatic carbocycles. The number of pyridine rings is 1. The molecular formula is C25H30N2. The van der Waals surface area contributed by atoms with E-state index in [-0.39, 0.29) is 5.54 Å². The topological polar surface area (TPSA) is 24.9 Å². The van der Waals surface area contributed by atoms with Crippen molar-refractivity contribution in [1.29, 1.82) is 0 Å². The van der Waals surface area contributed by atoms with E-state index in [2.05, 4.69) is 84.8 Å². The lowest BCUT2D eigenvalue weighted by Crippen LogP contribution is -2.40. The molecule has 2 heteroatoms. The van der Waals surface area contributed by atoms with Crippen molar-refractivity contribution in [2.45, 2.75) is 51.0 Å². The first-order valence-electron chi connectivity index (χ1n) is 10.3. The monoisotopic (exact) mass is 358 g/mol. The van der Waals surface area contributed by atoms with Crippen LogP contribution in [0.3, 0.4) is 0 Å². The molecule has 0 aliphatic heterocycles. The Labute approximate surface area is 163 Å². The van der Waals surface area contributed by atoms with Gasteiger partial charge in [0.2, 0.25) is 0 Å². The standard InChI is InChI=1S/C25H30N2/c1-25(2,21-8-4-3-5-9-21)27-18-19-12-14-20(15-13-19)22-16-17-26-24-11-7-6-10-23(22)24/h3-11,16-17,19-20,27H,12-15,18H2,1-2H3/t19-,20+. The van der Waals surface area contributed by atoms with Gasteiger partial charge < -0.3 is 5.32 Å². The second-order valence-corrected chi connectivity index (χ2v) is 8.51.